The van der Waals surface area contributed by atoms with Crippen LogP contribution in [0.15, 0.2) is 30.3 Å². The van der Waals surface area contributed by atoms with Crippen molar-refractivity contribution >= 4 is 17.4 Å². The van der Waals surface area contributed by atoms with Gasteiger partial charge < -0.3 is 15.4 Å². The quantitative estimate of drug-likeness (QED) is 0.415. The molecule has 1 unspecified atom stereocenters. The fourth-order valence-electron chi connectivity index (χ4n) is 3.41. The van der Waals surface area contributed by atoms with Crippen LogP contribution in [0.1, 0.15) is 35.1 Å². The van der Waals surface area contributed by atoms with Gasteiger partial charge in [-0.25, -0.2) is 0 Å². The molecule has 0 radical (unpaired) electrons. The molecule has 0 saturated heterocycles. The molecular weight excluding hydrogens is 441 g/mol. The lowest BCUT2D eigenvalue weighted by atomic mass is 10.1. The Labute approximate surface area is 187 Å². The van der Waals surface area contributed by atoms with Crippen LogP contribution in [0.3, 0.4) is 0 Å². The third-order valence-electron chi connectivity index (χ3n) is 5.27. The minimum absolute atomic E-state index is 0.109. The fourth-order valence-corrected chi connectivity index (χ4v) is 3.41. The van der Waals surface area contributed by atoms with E-state index < -0.39 is 22.6 Å². The van der Waals surface area contributed by atoms with Crippen LogP contribution < -0.4 is 5.32 Å². The molecule has 2 aromatic heterocycles. The van der Waals surface area contributed by atoms with Crippen LogP contribution in [0.2, 0.25) is 0 Å². The second-order valence-corrected chi connectivity index (χ2v) is 7.88. The Balaban J connectivity index is 1.73. The van der Waals surface area contributed by atoms with Crippen molar-refractivity contribution in [1.82, 2.24) is 19.6 Å². The molecule has 0 aliphatic rings. The van der Waals surface area contributed by atoms with Gasteiger partial charge in [-0.2, -0.15) is 23.0 Å². The topological polar surface area (TPSA) is 108 Å². The third-order valence-corrected chi connectivity index (χ3v) is 5.27. The molecule has 3 rings (SSSR count). The van der Waals surface area contributed by atoms with E-state index in [1.54, 1.807) is 33.8 Å². The Kier molecular flexibility index (Phi) is 6.56. The smallest absolute Gasteiger partial charge is 0.358 e. The highest BCUT2D eigenvalue weighted by molar-refractivity contribution is 5.93. The number of aryl methyl sites for hydroxylation is 2. The van der Waals surface area contributed by atoms with Gasteiger partial charge in [0.15, 0.2) is 0 Å². The van der Waals surface area contributed by atoms with Crippen LogP contribution in [0.4, 0.5) is 24.7 Å². The van der Waals surface area contributed by atoms with Gasteiger partial charge in [-0.3, -0.25) is 9.48 Å². The number of hydrogen-bond donors (Lipinski definition) is 1. The maximum atomic E-state index is 13.0. The average molecular weight is 464 g/mol. The van der Waals surface area contributed by atoms with Crippen molar-refractivity contribution in [3.05, 3.63) is 68.7 Å². The first kappa shape index (κ1) is 24.0. The molecule has 176 valence electrons. The van der Waals surface area contributed by atoms with E-state index in [0.717, 1.165) is 12.1 Å². The van der Waals surface area contributed by atoms with Gasteiger partial charge in [-0.15, -0.1) is 0 Å². The number of nitro groups is 1. The van der Waals surface area contributed by atoms with Crippen molar-refractivity contribution in [2.75, 3.05) is 5.32 Å². The molecule has 1 aromatic carbocycles. The highest BCUT2D eigenvalue weighted by Crippen LogP contribution is 2.30. The van der Waals surface area contributed by atoms with Crippen LogP contribution in [0.5, 0.6) is 0 Å². The molecule has 33 heavy (non-hydrogen) atoms. The maximum Gasteiger partial charge on any atom is 0.416 e. The molecule has 0 aliphatic carbocycles. The number of carbonyl (C=O) groups excluding carboxylic acids is 1. The lowest BCUT2D eigenvalue weighted by Gasteiger charge is -2.12. The lowest BCUT2D eigenvalue weighted by molar-refractivity contribution is -0.389. The van der Waals surface area contributed by atoms with E-state index in [9.17, 15) is 28.1 Å². The van der Waals surface area contributed by atoms with Crippen LogP contribution in [0, 0.1) is 36.8 Å². The molecule has 2 heterocycles. The zero-order chi connectivity index (χ0) is 24.5. The van der Waals surface area contributed by atoms with Gasteiger partial charge >= 0.3 is 12.0 Å². The summed E-state index contributed by atoms with van der Waals surface area (Å²) in [6.07, 6.45) is -4.44. The SMILES string of the molecule is Cc1nn(Cc2cccc(C(F)(F)F)c2)c(C)c1NC(=O)C(C)Cn1nc([N+](=O)[O-])cc1C. The Morgan fingerprint density at radius 3 is 2.48 bits per heavy atom. The standard InChI is InChI=1S/C21H23F3N6O3/c1-12(10-28-13(2)8-18(27-28)30(32)33)20(31)25-19-14(3)26-29(15(19)4)11-16-6-5-7-17(9-16)21(22,23)24/h5-9,12H,10-11H2,1-4H3,(H,25,31). The predicted octanol–water partition coefficient (Wildman–Crippen LogP) is 4.25. The van der Waals surface area contributed by atoms with E-state index in [2.05, 4.69) is 15.5 Å². The van der Waals surface area contributed by atoms with Crippen molar-refractivity contribution < 1.29 is 22.9 Å². The third kappa shape index (κ3) is 5.38. The van der Waals surface area contributed by atoms with Crippen molar-refractivity contribution in [2.45, 2.75) is 47.0 Å². The molecule has 0 aliphatic heterocycles. The summed E-state index contributed by atoms with van der Waals surface area (Å²) >= 11 is 0. The van der Waals surface area contributed by atoms with Gasteiger partial charge in [0, 0.05) is 0 Å². The normalized spacial score (nSPS) is 12.6. The Morgan fingerprint density at radius 1 is 1.18 bits per heavy atom. The highest BCUT2D eigenvalue weighted by Gasteiger charge is 2.30. The summed E-state index contributed by atoms with van der Waals surface area (Å²) in [6, 6.07) is 6.33. The molecule has 0 spiro atoms. The number of nitrogens with one attached hydrogen (secondary N) is 1. The lowest BCUT2D eigenvalue weighted by Crippen LogP contribution is -2.25. The van der Waals surface area contributed by atoms with Crippen LogP contribution in [-0.2, 0) is 24.1 Å². The molecule has 0 fully saturated rings. The summed E-state index contributed by atoms with van der Waals surface area (Å²) in [5, 5.41) is 21.9. The molecule has 12 heteroatoms. The summed E-state index contributed by atoms with van der Waals surface area (Å²) in [6.45, 7) is 6.99. The zero-order valence-electron chi connectivity index (χ0n) is 18.5. The van der Waals surface area contributed by atoms with Crippen molar-refractivity contribution in [1.29, 1.82) is 0 Å². The highest BCUT2D eigenvalue weighted by atomic mass is 19.4. The number of carbonyl (C=O) groups is 1. The van der Waals surface area contributed by atoms with E-state index in [-0.39, 0.29) is 24.8 Å². The average Bonchev–Trinajstić information content (AvgIpc) is 3.22. The van der Waals surface area contributed by atoms with Gasteiger partial charge in [-0.1, -0.05) is 19.1 Å². The number of amides is 1. The first-order chi connectivity index (χ1) is 15.4. The number of halogens is 3. The molecule has 0 bridgehead atoms. The van der Waals surface area contributed by atoms with Crippen LogP contribution >= 0.6 is 0 Å². The van der Waals surface area contributed by atoms with Gasteiger partial charge in [0.25, 0.3) is 0 Å². The maximum absolute atomic E-state index is 13.0. The first-order valence-corrected chi connectivity index (χ1v) is 10.1. The van der Waals surface area contributed by atoms with Crippen molar-refractivity contribution in [3.8, 4) is 0 Å². The van der Waals surface area contributed by atoms with Crippen LogP contribution in [-0.4, -0.2) is 30.4 Å². The minimum Gasteiger partial charge on any atom is -0.358 e. The Bertz CT molecular complexity index is 1200. The van der Waals surface area contributed by atoms with Gasteiger partial charge in [0.05, 0.1) is 58.5 Å². The van der Waals surface area contributed by atoms with Gasteiger partial charge in [0.1, 0.15) is 0 Å². The summed E-state index contributed by atoms with van der Waals surface area (Å²) < 4.78 is 41.9. The number of aromatic nitrogens is 4. The number of alkyl halides is 3. The Hall–Kier alpha value is -3.70. The van der Waals surface area contributed by atoms with E-state index in [0.29, 0.717) is 28.3 Å². The number of nitrogens with zero attached hydrogens (tertiary/aromatic N) is 5. The number of anilines is 1. The number of hydrogen-bond acceptors (Lipinski definition) is 5. The van der Waals surface area contributed by atoms with Gasteiger partial charge in [-0.05, 0) is 43.4 Å². The van der Waals surface area contributed by atoms with Crippen molar-refractivity contribution in [2.24, 2.45) is 5.92 Å². The second-order valence-electron chi connectivity index (χ2n) is 7.88. The predicted molar refractivity (Wildman–Crippen MR) is 114 cm³/mol. The zero-order valence-corrected chi connectivity index (χ0v) is 18.5. The largest absolute Gasteiger partial charge is 0.416 e. The van der Waals surface area contributed by atoms with E-state index in [1.165, 1.54) is 21.5 Å². The Morgan fingerprint density at radius 2 is 1.88 bits per heavy atom. The monoisotopic (exact) mass is 464 g/mol. The van der Waals surface area contributed by atoms with E-state index in [4.69, 9.17) is 0 Å². The second kappa shape index (κ2) is 9.04. The van der Waals surface area contributed by atoms with Crippen LogP contribution in [0.25, 0.3) is 0 Å². The number of rotatable bonds is 7. The molecule has 1 atom stereocenters. The summed E-state index contributed by atoms with van der Waals surface area (Å²) in [5.74, 6) is -1.19. The van der Waals surface area contributed by atoms with E-state index in [1.807, 2.05) is 0 Å². The summed E-state index contributed by atoms with van der Waals surface area (Å²) in [5.41, 5.74) is 1.84. The molecule has 1 N–H and O–H groups in total. The molecular formula is C21H23F3N6O3. The summed E-state index contributed by atoms with van der Waals surface area (Å²) in [4.78, 5) is 23.0. The molecule has 0 saturated carbocycles. The summed E-state index contributed by atoms with van der Waals surface area (Å²) in [7, 11) is 0. The van der Waals surface area contributed by atoms with E-state index >= 15 is 0 Å². The van der Waals surface area contributed by atoms with Gasteiger partial charge in [0.2, 0.25) is 5.91 Å². The minimum atomic E-state index is -4.44. The van der Waals surface area contributed by atoms with Crippen molar-refractivity contribution in [3.63, 3.8) is 0 Å². The molecule has 1 amide bonds. The first-order valence-electron chi connectivity index (χ1n) is 10.1. The number of benzene rings is 1. The molecule has 9 nitrogen and oxygen atoms in total. The molecule has 3 aromatic rings. The fraction of sp³-hybridized carbons (Fsp3) is 0.381.